The van der Waals surface area contributed by atoms with E-state index in [1.54, 1.807) is 0 Å². The predicted molar refractivity (Wildman–Crippen MR) is 71.1 cm³/mol. The molecule has 0 aromatic carbocycles. The third-order valence-electron chi connectivity index (χ3n) is 1.55. The number of hydrogen-bond acceptors (Lipinski definition) is 6. The van der Waals surface area contributed by atoms with E-state index in [1.165, 1.54) is 13.8 Å². The molecule has 0 amide bonds. The predicted octanol–water partition coefficient (Wildman–Crippen LogP) is -1.01. The van der Waals surface area contributed by atoms with Gasteiger partial charge in [-0.05, 0) is 13.8 Å². The summed E-state index contributed by atoms with van der Waals surface area (Å²) in [6, 6.07) is 0. The van der Waals surface area contributed by atoms with Crippen molar-refractivity contribution < 1.29 is 40.2 Å². The summed E-state index contributed by atoms with van der Waals surface area (Å²) in [4.78, 5) is 19.2. The molecule has 8 nitrogen and oxygen atoms in total. The molecule has 8 heteroatoms. The third-order valence-corrected chi connectivity index (χ3v) is 1.55. The van der Waals surface area contributed by atoms with Crippen LogP contribution in [0.1, 0.15) is 13.8 Å². The maximum Gasteiger partial charge on any atom is 0.330 e. The molecule has 2 atom stereocenters. The number of aliphatic carboxylic acids is 2. The summed E-state index contributed by atoms with van der Waals surface area (Å²) >= 11 is 0. The van der Waals surface area contributed by atoms with E-state index in [0.29, 0.717) is 0 Å². The second-order valence-corrected chi connectivity index (χ2v) is 3.67. The lowest BCUT2D eigenvalue weighted by atomic mass is 10.2. The van der Waals surface area contributed by atoms with E-state index in [2.05, 4.69) is 13.2 Å². The minimum Gasteiger partial charge on any atom is -0.478 e. The van der Waals surface area contributed by atoms with Gasteiger partial charge in [0.1, 0.15) is 12.2 Å². The standard InChI is InChI=1S/C4H10O4.2C4H6O2/c5-1-3(7)4(8)2-6;2*1-3(2)4(5)6/h3-8H,1-2H2;2*1H2,2H3,(H,5,6). The Morgan fingerprint density at radius 3 is 1.05 bits per heavy atom. The first-order chi connectivity index (χ1) is 9.00. The van der Waals surface area contributed by atoms with E-state index >= 15 is 0 Å². The van der Waals surface area contributed by atoms with Crippen molar-refractivity contribution in [1.29, 1.82) is 0 Å². The van der Waals surface area contributed by atoms with Crippen LogP contribution < -0.4 is 0 Å². The monoisotopic (exact) mass is 294 g/mol. The van der Waals surface area contributed by atoms with Crippen molar-refractivity contribution in [3.63, 3.8) is 0 Å². The van der Waals surface area contributed by atoms with Gasteiger partial charge in [-0.15, -0.1) is 0 Å². The average molecular weight is 294 g/mol. The highest BCUT2D eigenvalue weighted by Gasteiger charge is 2.12. The normalized spacial score (nSPS) is 11.7. The summed E-state index contributed by atoms with van der Waals surface area (Å²) in [6.07, 6.45) is -2.44. The zero-order chi connectivity index (χ0) is 16.9. The maximum absolute atomic E-state index is 9.60. The molecule has 0 aliphatic rings. The van der Waals surface area contributed by atoms with Gasteiger partial charge < -0.3 is 30.6 Å². The molecule has 0 aromatic heterocycles. The number of carbonyl (C=O) groups is 2. The average Bonchev–Trinajstić information content (AvgIpc) is 2.37. The fourth-order valence-electron chi connectivity index (χ4n) is 0.243. The van der Waals surface area contributed by atoms with Gasteiger partial charge in [0.15, 0.2) is 0 Å². The molecule has 0 saturated carbocycles. The molecule has 0 bridgehead atoms. The van der Waals surface area contributed by atoms with Gasteiger partial charge in [-0.3, -0.25) is 0 Å². The van der Waals surface area contributed by atoms with Crippen molar-refractivity contribution in [2.75, 3.05) is 13.2 Å². The summed E-state index contributed by atoms with van der Waals surface area (Å²) in [5.74, 6) is -1.87. The lowest BCUT2D eigenvalue weighted by Crippen LogP contribution is -2.31. The molecule has 0 aromatic rings. The van der Waals surface area contributed by atoms with Gasteiger partial charge in [0.25, 0.3) is 0 Å². The van der Waals surface area contributed by atoms with Crippen LogP contribution in [0.15, 0.2) is 24.3 Å². The molecule has 20 heavy (non-hydrogen) atoms. The molecule has 6 N–H and O–H groups in total. The number of aliphatic hydroxyl groups excluding tert-OH is 4. The van der Waals surface area contributed by atoms with Crippen molar-refractivity contribution in [3.05, 3.63) is 24.3 Å². The number of carboxylic acids is 2. The van der Waals surface area contributed by atoms with Gasteiger partial charge in [-0.25, -0.2) is 9.59 Å². The topological polar surface area (TPSA) is 156 Å². The summed E-state index contributed by atoms with van der Waals surface area (Å²) < 4.78 is 0. The Kier molecular flexibility index (Phi) is 16.0. The van der Waals surface area contributed by atoms with E-state index in [-0.39, 0.29) is 11.1 Å². The second-order valence-electron chi connectivity index (χ2n) is 3.67. The van der Waals surface area contributed by atoms with E-state index in [9.17, 15) is 9.59 Å². The van der Waals surface area contributed by atoms with E-state index < -0.39 is 37.4 Å². The highest BCUT2D eigenvalue weighted by atomic mass is 16.4. The SMILES string of the molecule is C=C(C)C(=O)O.C=C(C)C(=O)O.OCC(O)C(O)CO. The van der Waals surface area contributed by atoms with Gasteiger partial charge in [-0.1, -0.05) is 13.2 Å². The van der Waals surface area contributed by atoms with Crippen LogP contribution >= 0.6 is 0 Å². The molecule has 0 spiro atoms. The molecule has 0 aliphatic carbocycles. The van der Waals surface area contributed by atoms with Crippen LogP contribution in [0.4, 0.5) is 0 Å². The van der Waals surface area contributed by atoms with Crippen LogP contribution in [0.2, 0.25) is 0 Å². The van der Waals surface area contributed by atoms with Crippen LogP contribution in [0.25, 0.3) is 0 Å². The zero-order valence-electron chi connectivity index (χ0n) is 11.5. The third kappa shape index (κ3) is 18.6. The molecular weight excluding hydrogens is 272 g/mol. The Morgan fingerprint density at radius 2 is 1.00 bits per heavy atom. The van der Waals surface area contributed by atoms with Gasteiger partial charge in [0.05, 0.1) is 13.2 Å². The van der Waals surface area contributed by atoms with Crippen LogP contribution in [0.3, 0.4) is 0 Å². The number of hydrogen-bond donors (Lipinski definition) is 6. The quantitative estimate of drug-likeness (QED) is 0.352. The molecule has 0 radical (unpaired) electrons. The van der Waals surface area contributed by atoms with Gasteiger partial charge in [-0.2, -0.15) is 0 Å². The van der Waals surface area contributed by atoms with Crippen molar-refractivity contribution in [3.8, 4) is 0 Å². The summed E-state index contributed by atoms with van der Waals surface area (Å²) in [5.41, 5.74) is 0.352. The van der Waals surface area contributed by atoms with Crippen LogP contribution in [0.5, 0.6) is 0 Å². The fraction of sp³-hybridized carbons (Fsp3) is 0.500. The van der Waals surface area contributed by atoms with Crippen LogP contribution in [-0.4, -0.2) is 68.0 Å². The van der Waals surface area contributed by atoms with Crippen molar-refractivity contribution in [1.82, 2.24) is 0 Å². The first-order valence-corrected chi connectivity index (χ1v) is 5.36. The lowest BCUT2D eigenvalue weighted by Gasteiger charge is -2.10. The molecule has 118 valence electrons. The molecular formula is C12H22O8. The Bertz CT molecular complexity index is 267. The highest BCUT2D eigenvalue weighted by molar-refractivity contribution is 5.85. The zero-order valence-corrected chi connectivity index (χ0v) is 11.5. The summed E-state index contributed by atoms with van der Waals surface area (Å²) in [7, 11) is 0. The van der Waals surface area contributed by atoms with E-state index in [4.69, 9.17) is 30.6 Å². The smallest absolute Gasteiger partial charge is 0.330 e. The van der Waals surface area contributed by atoms with Crippen molar-refractivity contribution >= 4 is 11.9 Å². The second kappa shape index (κ2) is 13.7. The Morgan fingerprint density at radius 1 is 0.850 bits per heavy atom. The van der Waals surface area contributed by atoms with Crippen molar-refractivity contribution in [2.24, 2.45) is 0 Å². The molecule has 0 aliphatic heterocycles. The molecule has 0 fully saturated rings. The largest absolute Gasteiger partial charge is 0.478 e. The maximum atomic E-state index is 9.60. The molecule has 0 rings (SSSR count). The van der Waals surface area contributed by atoms with E-state index in [0.717, 1.165) is 0 Å². The minimum atomic E-state index is -1.22. The Balaban J connectivity index is -0.000000221. The first-order valence-electron chi connectivity index (χ1n) is 5.36. The minimum absolute atomic E-state index is 0.176. The number of rotatable bonds is 5. The molecule has 0 saturated heterocycles. The summed E-state index contributed by atoms with van der Waals surface area (Å²) in [6.45, 7) is 8.15. The highest BCUT2D eigenvalue weighted by Crippen LogP contribution is 1.88. The Labute approximate surface area is 116 Å². The molecule has 0 heterocycles. The molecule has 2 unspecified atom stereocenters. The Hall–Kier alpha value is -1.74. The van der Waals surface area contributed by atoms with Crippen LogP contribution in [0, 0.1) is 0 Å². The number of aliphatic hydroxyl groups is 4. The van der Waals surface area contributed by atoms with Gasteiger partial charge in [0, 0.05) is 11.1 Å². The van der Waals surface area contributed by atoms with Crippen LogP contribution in [-0.2, 0) is 9.59 Å². The first kappa shape index (κ1) is 23.4. The van der Waals surface area contributed by atoms with E-state index in [1.807, 2.05) is 0 Å². The lowest BCUT2D eigenvalue weighted by molar-refractivity contribution is -0.133. The fourth-order valence-corrected chi connectivity index (χ4v) is 0.243. The van der Waals surface area contributed by atoms with Gasteiger partial charge >= 0.3 is 11.9 Å². The van der Waals surface area contributed by atoms with Crippen molar-refractivity contribution in [2.45, 2.75) is 26.1 Å². The summed E-state index contributed by atoms with van der Waals surface area (Å²) in [5, 5.41) is 48.9. The van der Waals surface area contributed by atoms with Gasteiger partial charge in [0.2, 0.25) is 0 Å². The number of carboxylic acid groups (broad SMARTS) is 2.